The summed E-state index contributed by atoms with van der Waals surface area (Å²) in [7, 11) is 0. The summed E-state index contributed by atoms with van der Waals surface area (Å²) in [5.74, 6) is -4.42. The number of halogens is 4. The maximum Gasteiger partial charge on any atom is 0.282 e. The summed E-state index contributed by atoms with van der Waals surface area (Å²) in [4.78, 5) is 13.8. The van der Waals surface area contributed by atoms with E-state index in [1.54, 1.807) is 41.4 Å². The number of aromatic nitrogens is 2. The van der Waals surface area contributed by atoms with Gasteiger partial charge in [0.1, 0.15) is 0 Å². The summed E-state index contributed by atoms with van der Waals surface area (Å²) < 4.78 is 53.7. The van der Waals surface area contributed by atoms with Crippen LogP contribution in [0.2, 0.25) is 0 Å². The van der Waals surface area contributed by atoms with Crippen LogP contribution in [0.25, 0.3) is 0 Å². The second kappa shape index (κ2) is 7.81. The molecule has 5 nitrogen and oxygen atoms in total. The lowest BCUT2D eigenvalue weighted by molar-refractivity contribution is -0.115. The van der Waals surface area contributed by atoms with Gasteiger partial charge in [-0.3, -0.25) is 9.48 Å². The van der Waals surface area contributed by atoms with Crippen LogP contribution < -0.4 is 10.2 Å². The van der Waals surface area contributed by atoms with Gasteiger partial charge in [-0.1, -0.05) is 18.2 Å². The minimum Gasteiger partial charge on any atom is -0.359 e. The molecule has 0 saturated carbocycles. The summed E-state index contributed by atoms with van der Waals surface area (Å²) in [5.41, 5.74) is 1.97. The van der Waals surface area contributed by atoms with Crippen LogP contribution in [0.4, 0.5) is 29.1 Å². The lowest BCUT2D eigenvalue weighted by Crippen LogP contribution is -2.56. The number of alkyl halides is 2. The molecule has 2 heterocycles. The molecule has 0 spiro atoms. The van der Waals surface area contributed by atoms with Crippen molar-refractivity contribution >= 4 is 17.4 Å². The molecular formula is C21H18F4N4O. The molecule has 156 valence electrons. The second-order valence-electron chi connectivity index (χ2n) is 7.25. The normalized spacial score (nSPS) is 15.0. The van der Waals surface area contributed by atoms with E-state index in [0.29, 0.717) is 17.1 Å². The van der Waals surface area contributed by atoms with Gasteiger partial charge in [0.15, 0.2) is 17.5 Å². The van der Waals surface area contributed by atoms with Gasteiger partial charge >= 0.3 is 0 Å². The highest BCUT2D eigenvalue weighted by atomic mass is 19.3. The third-order valence-electron chi connectivity index (χ3n) is 4.75. The Morgan fingerprint density at radius 3 is 2.37 bits per heavy atom. The first-order valence-electron chi connectivity index (χ1n) is 9.26. The molecule has 2 aromatic carbocycles. The molecule has 9 heteroatoms. The van der Waals surface area contributed by atoms with Gasteiger partial charge in [-0.25, -0.2) is 17.6 Å². The van der Waals surface area contributed by atoms with E-state index >= 15 is 0 Å². The first-order chi connectivity index (χ1) is 14.3. The summed E-state index contributed by atoms with van der Waals surface area (Å²) in [6.07, 6.45) is 1.72. The first kappa shape index (κ1) is 19.9. The fourth-order valence-corrected chi connectivity index (χ4v) is 3.23. The molecule has 0 aliphatic carbocycles. The van der Waals surface area contributed by atoms with Gasteiger partial charge in [0.05, 0.1) is 26.1 Å². The fraction of sp³-hybridized carbons (Fsp3) is 0.238. The van der Waals surface area contributed by atoms with E-state index in [9.17, 15) is 22.4 Å². The number of anilines is 2. The van der Waals surface area contributed by atoms with Crippen molar-refractivity contribution in [1.29, 1.82) is 0 Å². The van der Waals surface area contributed by atoms with Crippen molar-refractivity contribution in [2.75, 3.05) is 23.3 Å². The minimum atomic E-state index is -2.63. The Morgan fingerprint density at radius 2 is 1.70 bits per heavy atom. The van der Waals surface area contributed by atoms with E-state index in [1.807, 2.05) is 0 Å². The lowest BCUT2D eigenvalue weighted by atomic mass is 10.1. The summed E-state index contributed by atoms with van der Waals surface area (Å²) in [6, 6.07) is 12.1. The van der Waals surface area contributed by atoms with Crippen LogP contribution in [-0.2, 0) is 17.8 Å². The van der Waals surface area contributed by atoms with E-state index in [-0.39, 0.29) is 32.0 Å². The van der Waals surface area contributed by atoms with E-state index < -0.39 is 17.6 Å². The van der Waals surface area contributed by atoms with Crippen LogP contribution in [0.1, 0.15) is 11.1 Å². The third kappa shape index (κ3) is 4.61. The standard InChI is InChI=1S/C21H18F4N4O/c22-17-6-3-15(9-18(17)23)11-29-8-7-19(27-29)26-20(30)10-14-1-4-16(5-2-14)28-12-21(24,25)13-28/h1-9H,10-13H2,(H,26,27,30). The highest BCUT2D eigenvalue weighted by Gasteiger charge is 2.43. The first-order valence-corrected chi connectivity index (χ1v) is 9.26. The van der Waals surface area contributed by atoms with Crippen molar-refractivity contribution in [2.45, 2.75) is 18.9 Å². The SMILES string of the molecule is O=C(Cc1ccc(N2CC(F)(F)C2)cc1)Nc1ccn(Cc2ccc(F)c(F)c2)n1. The van der Waals surface area contributed by atoms with E-state index in [2.05, 4.69) is 10.4 Å². The Bertz CT molecular complexity index is 1060. The highest BCUT2D eigenvalue weighted by Crippen LogP contribution is 2.31. The van der Waals surface area contributed by atoms with Gasteiger partial charge in [-0.15, -0.1) is 0 Å². The van der Waals surface area contributed by atoms with Crippen molar-refractivity contribution in [3.63, 3.8) is 0 Å². The molecule has 1 aliphatic rings. The molecule has 3 aromatic rings. The molecule has 0 unspecified atom stereocenters. The predicted octanol–water partition coefficient (Wildman–Crippen LogP) is 3.85. The topological polar surface area (TPSA) is 50.2 Å². The van der Waals surface area contributed by atoms with Crippen LogP contribution in [0.5, 0.6) is 0 Å². The largest absolute Gasteiger partial charge is 0.359 e. The van der Waals surface area contributed by atoms with Gasteiger partial charge in [0, 0.05) is 18.0 Å². The van der Waals surface area contributed by atoms with E-state index in [4.69, 9.17) is 0 Å². The van der Waals surface area contributed by atoms with Gasteiger partial charge in [0.2, 0.25) is 5.91 Å². The molecule has 1 aromatic heterocycles. The smallest absolute Gasteiger partial charge is 0.282 e. The molecule has 0 bridgehead atoms. The molecule has 30 heavy (non-hydrogen) atoms. The highest BCUT2D eigenvalue weighted by molar-refractivity contribution is 5.91. The Labute approximate surface area is 169 Å². The fourth-order valence-electron chi connectivity index (χ4n) is 3.23. The number of nitrogens with zero attached hydrogens (tertiary/aromatic N) is 3. The number of hydrogen-bond acceptors (Lipinski definition) is 3. The molecule has 1 aliphatic heterocycles. The van der Waals surface area contributed by atoms with Crippen LogP contribution in [0, 0.1) is 11.6 Å². The molecule has 0 atom stereocenters. The number of carbonyl (C=O) groups excluding carboxylic acids is 1. The molecular weight excluding hydrogens is 400 g/mol. The number of amides is 1. The van der Waals surface area contributed by atoms with Crippen LogP contribution in [0.3, 0.4) is 0 Å². The summed E-state index contributed by atoms with van der Waals surface area (Å²) in [5, 5.41) is 6.87. The minimum absolute atomic E-state index is 0.104. The zero-order chi connectivity index (χ0) is 21.3. The van der Waals surface area contributed by atoms with Crippen molar-refractivity contribution < 1.29 is 22.4 Å². The molecule has 0 radical (unpaired) electrons. The molecule has 1 fully saturated rings. The Balaban J connectivity index is 1.30. The quantitative estimate of drug-likeness (QED) is 0.619. The number of benzene rings is 2. The Kier molecular flexibility index (Phi) is 5.19. The van der Waals surface area contributed by atoms with E-state index in [0.717, 1.165) is 17.7 Å². The average Bonchev–Trinajstić information content (AvgIpc) is 3.10. The number of nitrogens with one attached hydrogen (secondary N) is 1. The van der Waals surface area contributed by atoms with Crippen molar-refractivity contribution in [1.82, 2.24) is 9.78 Å². The van der Waals surface area contributed by atoms with Crippen molar-refractivity contribution in [2.24, 2.45) is 0 Å². The summed E-state index contributed by atoms with van der Waals surface area (Å²) in [6.45, 7) is -0.357. The third-order valence-corrected chi connectivity index (χ3v) is 4.75. The van der Waals surface area contributed by atoms with Crippen LogP contribution in [0.15, 0.2) is 54.7 Å². The van der Waals surface area contributed by atoms with E-state index in [1.165, 1.54) is 10.7 Å². The second-order valence-corrected chi connectivity index (χ2v) is 7.25. The zero-order valence-corrected chi connectivity index (χ0v) is 15.8. The van der Waals surface area contributed by atoms with Gasteiger partial charge in [0.25, 0.3) is 5.92 Å². The molecule has 1 saturated heterocycles. The predicted molar refractivity (Wildman–Crippen MR) is 104 cm³/mol. The molecule has 1 amide bonds. The average molecular weight is 418 g/mol. The number of rotatable bonds is 6. The van der Waals surface area contributed by atoms with Gasteiger partial charge in [-0.2, -0.15) is 5.10 Å². The summed E-state index contributed by atoms with van der Waals surface area (Å²) >= 11 is 0. The van der Waals surface area contributed by atoms with Crippen LogP contribution >= 0.6 is 0 Å². The maximum absolute atomic E-state index is 13.3. The Morgan fingerprint density at radius 1 is 1.00 bits per heavy atom. The molecule has 4 rings (SSSR count). The van der Waals surface area contributed by atoms with Crippen molar-refractivity contribution in [3.8, 4) is 0 Å². The Hall–Kier alpha value is -3.36. The van der Waals surface area contributed by atoms with Crippen molar-refractivity contribution in [3.05, 3.63) is 77.5 Å². The van der Waals surface area contributed by atoms with Gasteiger partial charge < -0.3 is 10.2 Å². The monoisotopic (exact) mass is 418 g/mol. The lowest BCUT2D eigenvalue weighted by Gasteiger charge is -2.40. The zero-order valence-electron chi connectivity index (χ0n) is 15.8. The number of hydrogen-bond donors (Lipinski definition) is 1. The number of carbonyl (C=O) groups is 1. The van der Waals surface area contributed by atoms with Gasteiger partial charge in [-0.05, 0) is 35.4 Å². The molecule has 1 N–H and O–H groups in total. The van der Waals surface area contributed by atoms with Crippen LogP contribution in [-0.4, -0.2) is 34.7 Å². The maximum atomic E-state index is 13.3.